The molecule has 1 aromatic carbocycles. The Morgan fingerprint density at radius 1 is 1.40 bits per heavy atom. The van der Waals surface area contributed by atoms with Crippen LogP contribution in [0.5, 0.6) is 0 Å². The lowest BCUT2D eigenvalue weighted by atomic mass is 10.1. The van der Waals surface area contributed by atoms with E-state index in [-0.39, 0.29) is 5.92 Å². The number of carboxylic acids is 1. The van der Waals surface area contributed by atoms with Gasteiger partial charge in [0.1, 0.15) is 0 Å². The van der Waals surface area contributed by atoms with Crippen molar-refractivity contribution in [2.24, 2.45) is 5.92 Å². The van der Waals surface area contributed by atoms with Crippen molar-refractivity contribution in [1.29, 1.82) is 0 Å². The smallest absolute Gasteiger partial charge is 0.307 e. The van der Waals surface area contributed by atoms with Crippen molar-refractivity contribution in [3.05, 3.63) is 33.8 Å². The minimum absolute atomic E-state index is 0.202. The molecule has 0 bridgehead atoms. The summed E-state index contributed by atoms with van der Waals surface area (Å²) in [6, 6.07) is 2.09. The Bertz CT molecular complexity index is 434. The van der Waals surface area contributed by atoms with Crippen LogP contribution < -0.4 is 0 Å². The Morgan fingerprint density at radius 3 is 2.53 bits per heavy atom. The molecule has 2 nitrogen and oxygen atoms in total. The van der Waals surface area contributed by atoms with E-state index in [9.17, 15) is 13.6 Å². The highest BCUT2D eigenvalue weighted by Crippen LogP contribution is 2.49. The van der Waals surface area contributed by atoms with Gasteiger partial charge in [0.15, 0.2) is 11.6 Å². The predicted octanol–water partition coefficient (Wildman–Crippen LogP) is 2.92. The lowest BCUT2D eigenvalue weighted by Gasteiger charge is -2.03. The molecule has 80 valence electrons. The van der Waals surface area contributed by atoms with Gasteiger partial charge in [0.2, 0.25) is 0 Å². The zero-order chi connectivity index (χ0) is 11.2. The van der Waals surface area contributed by atoms with Crippen molar-refractivity contribution in [3.8, 4) is 0 Å². The first-order chi connectivity index (χ1) is 7.00. The summed E-state index contributed by atoms with van der Waals surface area (Å²) in [4.78, 5) is 10.6. The van der Waals surface area contributed by atoms with Crippen LogP contribution in [0.2, 0.25) is 0 Å². The van der Waals surface area contributed by atoms with Crippen LogP contribution in [-0.4, -0.2) is 11.1 Å². The molecule has 5 heteroatoms. The first-order valence-electron chi connectivity index (χ1n) is 4.38. The van der Waals surface area contributed by atoms with E-state index in [1.54, 1.807) is 0 Å². The van der Waals surface area contributed by atoms with Crippen LogP contribution >= 0.6 is 15.9 Å². The fourth-order valence-electron chi connectivity index (χ4n) is 1.63. The summed E-state index contributed by atoms with van der Waals surface area (Å²) in [5, 5.41) is 8.72. The highest BCUT2D eigenvalue weighted by atomic mass is 79.9. The molecule has 0 aromatic heterocycles. The quantitative estimate of drug-likeness (QED) is 0.844. The van der Waals surface area contributed by atoms with Gasteiger partial charge in [-0.25, -0.2) is 8.78 Å². The summed E-state index contributed by atoms with van der Waals surface area (Å²) < 4.78 is 26.1. The van der Waals surface area contributed by atoms with Gasteiger partial charge in [0.05, 0.1) is 5.92 Å². The van der Waals surface area contributed by atoms with Crippen LogP contribution in [0.4, 0.5) is 8.78 Å². The minimum Gasteiger partial charge on any atom is -0.481 e. The van der Waals surface area contributed by atoms with E-state index in [4.69, 9.17) is 5.11 Å². The van der Waals surface area contributed by atoms with Crippen molar-refractivity contribution < 1.29 is 18.7 Å². The normalized spacial score (nSPS) is 23.9. The first kappa shape index (κ1) is 10.5. The fourth-order valence-corrected chi connectivity index (χ4v) is 2.24. The first-order valence-corrected chi connectivity index (χ1v) is 5.17. The molecule has 1 aromatic rings. The summed E-state index contributed by atoms with van der Waals surface area (Å²) in [7, 11) is 0. The zero-order valence-corrected chi connectivity index (χ0v) is 9.09. The SMILES string of the molecule is O=C(O)[C@@H]1CC1c1cc(F)c(F)cc1Br. The van der Waals surface area contributed by atoms with E-state index < -0.39 is 23.5 Å². The number of hydrogen-bond acceptors (Lipinski definition) is 1. The molecule has 0 aliphatic heterocycles. The number of halogens is 3. The molecule has 2 rings (SSSR count). The molecule has 1 aliphatic rings. The molecule has 0 saturated heterocycles. The number of hydrogen-bond donors (Lipinski definition) is 1. The number of aliphatic carboxylic acids is 1. The number of carboxylic acid groups (broad SMARTS) is 1. The number of rotatable bonds is 2. The van der Waals surface area contributed by atoms with Crippen molar-refractivity contribution in [2.45, 2.75) is 12.3 Å². The van der Waals surface area contributed by atoms with Crippen LogP contribution in [0.3, 0.4) is 0 Å². The highest BCUT2D eigenvalue weighted by molar-refractivity contribution is 9.10. The Morgan fingerprint density at radius 2 is 2.00 bits per heavy atom. The monoisotopic (exact) mass is 276 g/mol. The minimum atomic E-state index is -0.941. The van der Waals surface area contributed by atoms with Crippen LogP contribution in [0.1, 0.15) is 17.9 Å². The Kier molecular flexibility index (Phi) is 2.50. The van der Waals surface area contributed by atoms with Crippen molar-refractivity contribution in [3.63, 3.8) is 0 Å². The van der Waals surface area contributed by atoms with E-state index in [1.807, 2.05) is 0 Å². The zero-order valence-electron chi connectivity index (χ0n) is 7.51. The van der Waals surface area contributed by atoms with E-state index in [0.29, 0.717) is 16.5 Å². The molecule has 1 saturated carbocycles. The molecule has 1 aliphatic carbocycles. The van der Waals surface area contributed by atoms with E-state index in [2.05, 4.69) is 15.9 Å². The Labute approximate surface area is 93.0 Å². The standard InChI is InChI=1S/C10H7BrF2O2/c11-7-3-9(13)8(12)2-5(7)4-1-6(4)10(14)15/h2-4,6H,1H2,(H,14,15)/t4?,6-/m1/s1. The van der Waals surface area contributed by atoms with Crippen molar-refractivity contribution in [2.75, 3.05) is 0 Å². The molecule has 15 heavy (non-hydrogen) atoms. The van der Waals surface area contributed by atoms with E-state index in [1.165, 1.54) is 0 Å². The molecule has 2 atom stereocenters. The lowest BCUT2D eigenvalue weighted by molar-refractivity contribution is -0.138. The molecule has 0 radical (unpaired) electrons. The van der Waals surface area contributed by atoms with Gasteiger partial charge in [-0.1, -0.05) is 15.9 Å². The second kappa shape index (κ2) is 3.56. The van der Waals surface area contributed by atoms with Gasteiger partial charge >= 0.3 is 5.97 Å². The maximum atomic E-state index is 12.9. The second-order valence-corrected chi connectivity index (χ2v) is 4.43. The number of carbonyl (C=O) groups is 1. The van der Waals surface area contributed by atoms with E-state index in [0.717, 1.165) is 12.1 Å². The summed E-state index contributed by atoms with van der Waals surface area (Å²) in [6.07, 6.45) is 0.485. The van der Waals surface area contributed by atoms with Gasteiger partial charge in [-0.3, -0.25) is 4.79 Å². The van der Waals surface area contributed by atoms with E-state index >= 15 is 0 Å². The summed E-state index contributed by atoms with van der Waals surface area (Å²) in [5.41, 5.74) is 0.529. The molecular weight excluding hydrogens is 270 g/mol. The lowest BCUT2D eigenvalue weighted by Crippen LogP contribution is -2.00. The Balaban J connectivity index is 2.31. The summed E-state index contributed by atoms with van der Waals surface area (Å²) in [5.74, 6) is -3.43. The number of benzene rings is 1. The van der Waals surface area contributed by atoms with Crippen LogP contribution in [-0.2, 0) is 4.79 Å². The van der Waals surface area contributed by atoms with Gasteiger partial charge in [0, 0.05) is 4.47 Å². The van der Waals surface area contributed by atoms with Gasteiger partial charge in [-0.2, -0.15) is 0 Å². The maximum Gasteiger partial charge on any atom is 0.307 e. The molecule has 0 heterocycles. The molecular formula is C10H7BrF2O2. The molecule has 1 unspecified atom stereocenters. The van der Waals surface area contributed by atoms with Gasteiger partial charge < -0.3 is 5.11 Å². The van der Waals surface area contributed by atoms with Gasteiger partial charge in [-0.15, -0.1) is 0 Å². The average Bonchev–Trinajstić information content (AvgIpc) is 2.90. The largest absolute Gasteiger partial charge is 0.481 e. The molecule has 0 amide bonds. The van der Waals surface area contributed by atoms with Crippen LogP contribution in [0.25, 0.3) is 0 Å². The van der Waals surface area contributed by atoms with Crippen molar-refractivity contribution >= 4 is 21.9 Å². The summed E-state index contributed by atoms with van der Waals surface area (Å²) >= 11 is 3.10. The van der Waals surface area contributed by atoms with Crippen LogP contribution in [0, 0.1) is 17.6 Å². The van der Waals surface area contributed by atoms with Crippen molar-refractivity contribution in [1.82, 2.24) is 0 Å². The molecule has 0 spiro atoms. The van der Waals surface area contributed by atoms with Crippen LogP contribution in [0.15, 0.2) is 16.6 Å². The van der Waals surface area contributed by atoms with Gasteiger partial charge in [-0.05, 0) is 30.0 Å². The predicted molar refractivity (Wildman–Crippen MR) is 52.5 cm³/mol. The average molecular weight is 277 g/mol. The highest BCUT2D eigenvalue weighted by Gasteiger charge is 2.45. The molecule has 1 N–H and O–H groups in total. The third kappa shape index (κ3) is 1.88. The maximum absolute atomic E-state index is 12.9. The fraction of sp³-hybridized carbons (Fsp3) is 0.300. The second-order valence-electron chi connectivity index (χ2n) is 3.57. The third-order valence-electron chi connectivity index (χ3n) is 2.55. The third-order valence-corrected chi connectivity index (χ3v) is 3.23. The molecule has 1 fully saturated rings. The Hall–Kier alpha value is -0.970. The van der Waals surface area contributed by atoms with Gasteiger partial charge in [0.25, 0.3) is 0 Å². The summed E-state index contributed by atoms with van der Waals surface area (Å²) in [6.45, 7) is 0. The topological polar surface area (TPSA) is 37.3 Å².